The van der Waals surface area contributed by atoms with Gasteiger partial charge in [0, 0.05) is 29.8 Å². The lowest BCUT2D eigenvalue weighted by molar-refractivity contribution is 0.601. The molecule has 4 rings (SSSR count). The molecule has 2 aromatic heterocycles. The fourth-order valence-electron chi connectivity index (χ4n) is 2.81. The third-order valence-corrected chi connectivity index (χ3v) is 5.02. The summed E-state index contributed by atoms with van der Waals surface area (Å²) in [5, 5.41) is 5.50. The molecule has 5 heteroatoms. The first kappa shape index (κ1) is 15.1. The van der Waals surface area contributed by atoms with Crippen LogP contribution in [0.2, 0.25) is 0 Å². The van der Waals surface area contributed by atoms with Crippen LogP contribution in [0.4, 0.5) is 0 Å². The third-order valence-electron chi connectivity index (χ3n) is 4.08. The van der Waals surface area contributed by atoms with Gasteiger partial charge in [0.1, 0.15) is 11.8 Å². The minimum Gasteiger partial charge on any atom is -0.612 e. The van der Waals surface area contributed by atoms with E-state index in [4.69, 9.17) is 4.42 Å². The zero-order valence-electron chi connectivity index (χ0n) is 13.4. The average Bonchev–Trinajstić information content (AvgIpc) is 3.20. The van der Waals surface area contributed by atoms with Gasteiger partial charge in [-0.15, -0.1) is 0 Å². The molecule has 2 heterocycles. The zero-order valence-corrected chi connectivity index (χ0v) is 14.2. The van der Waals surface area contributed by atoms with Gasteiger partial charge in [-0.3, -0.25) is 4.68 Å². The van der Waals surface area contributed by atoms with Crippen molar-refractivity contribution in [3.05, 3.63) is 61.0 Å². The first-order chi connectivity index (χ1) is 11.6. The van der Waals surface area contributed by atoms with Gasteiger partial charge in [0.15, 0.2) is 4.90 Å². The minimum atomic E-state index is -0.971. The molecule has 0 aliphatic carbocycles. The summed E-state index contributed by atoms with van der Waals surface area (Å²) in [7, 11) is 1.91. The summed E-state index contributed by atoms with van der Waals surface area (Å²) < 4.78 is 19.0. The Kier molecular flexibility index (Phi) is 3.67. The molecule has 2 aromatic carbocycles. The number of hydrogen-bond donors (Lipinski definition) is 0. The van der Waals surface area contributed by atoms with Gasteiger partial charge in [0.05, 0.1) is 12.0 Å². The predicted molar refractivity (Wildman–Crippen MR) is 96.2 cm³/mol. The molecule has 0 N–H and O–H groups in total. The van der Waals surface area contributed by atoms with Crippen LogP contribution in [0.5, 0.6) is 0 Å². The van der Waals surface area contributed by atoms with Gasteiger partial charge in [-0.1, -0.05) is 0 Å². The van der Waals surface area contributed by atoms with E-state index in [1.165, 1.54) is 0 Å². The second kappa shape index (κ2) is 5.85. The molecule has 24 heavy (non-hydrogen) atoms. The number of aryl methyl sites for hydroxylation is 1. The van der Waals surface area contributed by atoms with Gasteiger partial charge in [-0.25, -0.2) is 0 Å². The molecule has 0 fully saturated rings. The van der Waals surface area contributed by atoms with Crippen molar-refractivity contribution in [3.63, 3.8) is 0 Å². The number of benzene rings is 2. The van der Waals surface area contributed by atoms with Crippen molar-refractivity contribution in [2.45, 2.75) is 4.90 Å². The van der Waals surface area contributed by atoms with Crippen LogP contribution in [-0.2, 0) is 18.2 Å². The summed E-state index contributed by atoms with van der Waals surface area (Å²) in [6, 6.07) is 15.8. The van der Waals surface area contributed by atoms with Crippen molar-refractivity contribution in [1.29, 1.82) is 0 Å². The number of aromatic nitrogens is 2. The highest BCUT2D eigenvalue weighted by Crippen LogP contribution is 2.33. The monoisotopic (exact) mass is 336 g/mol. The normalized spacial score (nSPS) is 12.6. The molecule has 4 nitrogen and oxygen atoms in total. The molecule has 0 saturated carbocycles. The molecule has 1 unspecified atom stereocenters. The van der Waals surface area contributed by atoms with Crippen LogP contribution in [0.1, 0.15) is 0 Å². The second-order valence-electron chi connectivity index (χ2n) is 5.71. The van der Waals surface area contributed by atoms with Crippen molar-refractivity contribution >= 4 is 22.1 Å². The van der Waals surface area contributed by atoms with Gasteiger partial charge in [0.25, 0.3) is 0 Å². The van der Waals surface area contributed by atoms with Crippen molar-refractivity contribution < 1.29 is 8.97 Å². The second-order valence-corrected chi connectivity index (χ2v) is 7.09. The maximum Gasteiger partial charge on any atom is 0.152 e. The highest BCUT2D eigenvalue weighted by Gasteiger charge is 2.12. The van der Waals surface area contributed by atoms with Crippen LogP contribution in [-0.4, -0.2) is 20.6 Å². The molecule has 0 saturated heterocycles. The third kappa shape index (κ3) is 2.62. The summed E-state index contributed by atoms with van der Waals surface area (Å²) >= 11 is -0.971. The summed E-state index contributed by atoms with van der Waals surface area (Å²) in [4.78, 5) is 0.820. The van der Waals surface area contributed by atoms with Gasteiger partial charge in [-0.2, -0.15) is 5.10 Å². The van der Waals surface area contributed by atoms with E-state index < -0.39 is 11.2 Å². The number of rotatable bonds is 3. The number of hydrogen-bond acceptors (Lipinski definition) is 3. The molecular formula is C19H16N2O2S. The SMILES string of the molecule is Cn1ccc(-c2ccc3occ(-c4ccc([S+](C)[O-])cc4)c3c2)n1. The van der Waals surface area contributed by atoms with Gasteiger partial charge >= 0.3 is 0 Å². The molecule has 0 spiro atoms. The van der Waals surface area contributed by atoms with Crippen LogP contribution in [0.15, 0.2) is 70.3 Å². The van der Waals surface area contributed by atoms with E-state index in [0.29, 0.717) is 0 Å². The summed E-state index contributed by atoms with van der Waals surface area (Å²) in [6.07, 6.45) is 5.38. The van der Waals surface area contributed by atoms with Crippen LogP contribution in [0.25, 0.3) is 33.4 Å². The van der Waals surface area contributed by atoms with Crippen molar-refractivity contribution in [1.82, 2.24) is 9.78 Å². The Morgan fingerprint density at radius 3 is 2.46 bits per heavy atom. The maximum atomic E-state index is 11.5. The molecule has 4 aromatic rings. The Balaban J connectivity index is 1.81. The highest BCUT2D eigenvalue weighted by atomic mass is 32.2. The van der Waals surface area contributed by atoms with E-state index in [1.807, 2.05) is 55.7 Å². The molecular weight excluding hydrogens is 320 g/mol. The van der Waals surface area contributed by atoms with Crippen LogP contribution >= 0.6 is 0 Å². The largest absolute Gasteiger partial charge is 0.612 e. The Hall–Kier alpha value is -2.50. The Labute approximate surface area is 142 Å². The van der Waals surface area contributed by atoms with E-state index in [9.17, 15) is 4.55 Å². The Bertz CT molecular complexity index is 1000. The first-order valence-corrected chi connectivity index (χ1v) is 9.13. The van der Waals surface area contributed by atoms with Crippen LogP contribution < -0.4 is 0 Å². The lowest BCUT2D eigenvalue weighted by atomic mass is 10.0. The van der Waals surface area contributed by atoms with Crippen LogP contribution in [0.3, 0.4) is 0 Å². The van der Waals surface area contributed by atoms with Crippen molar-refractivity contribution in [2.24, 2.45) is 7.05 Å². The van der Waals surface area contributed by atoms with E-state index in [0.717, 1.165) is 38.2 Å². The van der Waals surface area contributed by atoms with Crippen LogP contribution in [0, 0.1) is 0 Å². The fourth-order valence-corrected chi connectivity index (χ4v) is 3.33. The van der Waals surface area contributed by atoms with Crippen molar-refractivity contribution in [2.75, 3.05) is 6.26 Å². The highest BCUT2D eigenvalue weighted by molar-refractivity contribution is 7.90. The van der Waals surface area contributed by atoms with E-state index >= 15 is 0 Å². The molecule has 120 valence electrons. The molecule has 0 radical (unpaired) electrons. The first-order valence-electron chi connectivity index (χ1n) is 7.57. The predicted octanol–water partition coefficient (Wildman–Crippen LogP) is 4.24. The number of fused-ring (bicyclic) bond motifs is 1. The zero-order chi connectivity index (χ0) is 16.7. The average molecular weight is 336 g/mol. The van der Waals surface area contributed by atoms with E-state index in [1.54, 1.807) is 17.2 Å². The topological polar surface area (TPSA) is 54.0 Å². The summed E-state index contributed by atoms with van der Waals surface area (Å²) in [5.74, 6) is 0. The van der Waals surface area contributed by atoms with Gasteiger partial charge in [-0.05, 0) is 65.3 Å². The molecule has 0 bridgehead atoms. The Morgan fingerprint density at radius 1 is 1.04 bits per heavy atom. The molecule has 0 aliphatic rings. The fraction of sp³-hybridized carbons (Fsp3) is 0.105. The smallest absolute Gasteiger partial charge is 0.152 e. The van der Waals surface area contributed by atoms with Gasteiger partial charge in [0.2, 0.25) is 0 Å². The van der Waals surface area contributed by atoms with Gasteiger partial charge < -0.3 is 8.97 Å². The minimum absolute atomic E-state index is 0.820. The quantitative estimate of drug-likeness (QED) is 0.526. The number of nitrogens with zero attached hydrogens (tertiary/aromatic N) is 2. The summed E-state index contributed by atoms with van der Waals surface area (Å²) in [6.45, 7) is 0. The molecule has 1 atom stereocenters. The lowest BCUT2D eigenvalue weighted by Gasteiger charge is -2.05. The Morgan fingerprint density at radius 2 is 1.79 bits per heavy atom. The number of furan rings is 1. The molecule has 0 aliphatic heterocycles. The van der Waals surface area contributed by atoms with E-state index in [2.05, 4.69) is 11.2 Å². The molecule has 0 amide bonds. The standard InChI is InChI=1S/C19H16N2O2S/c1-21-10-9-18(20-21)14-5-8-19-16(11-14)17(12-23-19)13-3-6-15(7-4-13)24(2)22/h3-12H,1-2H3. The van der Waals surface area contributed by atoms with Crippen molar-refractivity contribution in [3.8, 4) is 22.4 Å². The maximum absolute atomic E-state index is 11.5. The summed E-state index contributed by atoms with van der Waals surface area (Å²) in [5.41, 5.74) is 4.89. The lowest BCUT2D eigenvalue weighted by Crippen LogP contribution is -1.96. The van der Waals surface area contributed by atoms with E-state index in [-0.39, 0.29) is 0 Å².